The molecule has 55 heavy (non-hydrogen) atoms. The fourth-order valence-electron chi connectivity index (χ4n) is 7.18. The average molecular weight is 762 g/mol. The first-order valence-electron chi connectivity index (χ1n) is 19.3. The molecule has 0 bridgehead atoms. The Morgan fingerprint density at radius 1 is 0.727 bits per heavy atom. The van der Waals surface area contributed by atoms with Gasteiger partial charge in [0.1, 0.15) is 11.8 Å². The van der Waals surface area contributed by atoms with Crippen molar-refractivity contribution >= 4 is 41.1 Å². The lowest BCUT2D eigenvalue weighted by atomic mass is 10.0. The van der Waals surface area contributed by atoms with Gasteiger partial charge in [0.2, 0.25) is 17.7 Å². The van der Waals surface area contributed by atoms with E-state index in [1.165, 1.54) is 5.56 Å². The van der Waals surface area contributed by atoms with Crippen LogP contribution < -0.4 is 9.64 Å². The van der Waals surface area contributed by atoms with E-state index < -0.39 is 6.04 Å². The van der Waals surface area contributed by atoms with Crippen molar-refractivity contribution in [3.63, 3.8) is 0 Å². The Labute approximate surface area is 330 Å². The normalized spacial score (nSPS) is 15.7. The number of nitrogens with zero attached hydrogens (tertiary/aromatic N) is 5. The van der Waals surface area contributed by atoms with Crippen molar-refractivity contribution in [1.82, 2.24) is 19.6 Å². The Morgan fingerprint density at radius 3 is 1.96 bits per heavy atom. The van der Waals surface area contributed by atoms with Crippen LogP contribution in [-0.4, -0.2) is 102 Å². The number of amides is 3. The molecular formula is C45H52ClN5O4. The van der Waals surface area contributed by atoms with Gasteiger partial charge in [-0.1, -0.05) is 78.3 Å². The maximum atomic E-state index is 14.7. The van der Waals surface area contributed by atoms with Crippen LogP contribution in [0.1, 0.15) is 43.0 Å². The summed E-state index contributed by atoms with van der Waals surface area (Å²) in [5.41, 5.74) is 5.04. The Morgan fingerprint density at radius 2 is 1.35 bits per heavy atom. The van der Waals surface area contributed by atoms with Gasteiger partial charge in [-0.25, -0.2) is 0 Å². The van der Waals surface area contributed by atoms with Crippen molar-refractivity contribution in [3.8, 4) is 5.75 Å². The molecule has 1 atom stereocenters. The van der Waals surface area contributed by atoms with Gasteiger partial charge in [-0.3, -0.25) is 19.3 Å². The van der Waals surface area contributed by atoms with Crippen molar-refractivity contribution < 1.29 is 19.1 Å². The minimum atomic E-state index is -0.719. The molecule has 9 nitrogen and oxygen atoms in total. The fourth-order valence-corrected chi connectivity index (χ4v) is 7.30. The Kier molecular flexibility index (Phi) is 13.6. The number of benzene rings is 4. The molecule has 3 amide bonds. The molecule has 0 aliphatic carbocycles. The summed E-state index contributed by atoms with van der Waals surface area (Å²) < 4.78 is 5.81. The van der Waals surface area contributed by atoms with Crippen LogP contribution in [0.3, 0.4) is 0 Å². The number of carbonyl (C=O) groups excluding carboxylic acids is 3. The number of carbonyl (C=O) groups is 3. The third-order valence-electron chi connectivity index (χ3n) is 10.3. The molecule has 10 heteroatoms. The van der Waals surface area contributed by atoms with Crippen LogP contribution in [0, 0.1) is 0 Å². The van der Waals surface area contributed by atoms with Crippen molar-refractivity contribution in [2.75, 3.05) is 57.3 Å². The summed E-state index contributed by atoms with van der Waals surface area (Å²) >= 11 is 6.11. The molecule has 288 valence electrons. The first-order valence-corrected chi connectivity index (χ1v) is 19.6. The molecular weight excluding hydrogens is 710 g/mol. The van der Waals surface area contributed by atoms with Gasteiger partial charge in [0, 0.05) is 95.6 Å². The van der Waals surface area contributed by atoms with Gasteiger partial charge in [0.25, 0.3) is 0 Å². The van der Waals surface area contributed by atoms with Crippen molar-refractivity contribution in [3.05, 3.63) is 136 Å². The minimum Gasteiger partial charge on any atom is -0.491 e. The van der Waals surface area contributed by atoms with Gasteiger partial charge in [-0.15, -0.1) is 0 Å². The predicted octanol–water partition coefficient (Wildman–Crippen LogP) is 6.79. The molecule has 0 N–H and O–H groups in total. The lowest BCUT2D eigenvalue weighted by Gasteiger charge is -2.39. The van der Waals surface area contributed by atoms with Gasteiger partial charge in [0.05, 0.1) is 6.10 Å². The lowest BCUT2D eigenvalue weighted by molar-refractivity contribution is -0.145. The topological polar surface area (TPSA) is 76.6 Å². The molecule has 4 aromatic carbocycles. The van der Waals surface area contributed by atoms with Crippen LogP contribution in [0.25, 0.3) is 6.08 Å². The molecule has 0 saturated carbocycles. The third kappa shape index (κ3) is 11.2. The Hall–Kier alpha value is -5.12. The molecule has 0 radical (unpaired) electrons. The molecule has 2 aliphatic heterocycles. The zero-order valence-corrected chi connectivity index (χ0v) is 32.9. The monoisotopic (exact) mass is 761 g/mol. The van der Waals surface area contributed by atoms with Gasteiger partial charge < -0.3 is 24.3 Å². The van der Waals surface area contributed by atoms with Gasteiger partial charge in [-0.2, -0.15) is 0 Å². The van der Waals surface area contributed by atoms with Crippen LogP contribution >= 0.6 is 11.6 Å². The van der Waals surface area contributed by atoms with Crippen LogP contribution in [0.4, 0.5) is 5.69 Å². The molecule has 0 spiro atoms. The van der Waals surface area contributed by atoms with Crippen LogP contribution in [-0.2, 0) is 33.9 Å². The SMILES string of the molecule is CC(=O)N1CCN(c2ccc(CN(C(=O)C=Cc3ccc(OC(C)C)cc3)[C@@H](Cc3ccccc3)C(=O)N3CCN(Cc4ccc(Cl)cc4)CC3)cc2)CC1. The molecule has 4 aromatic rings. The van der Waals surface area contributed by atoms with E-state index >= 15 is 0 Å². The summed E-state index contributed by atoms with van der Waals surface area (Å²) in [4.78, 5) is 51.1. The molecule has 0 unspecified atom stereocenters. The van der Waals surface area contributed by atoms with Gasteiger partial charge >= 0.3 is 0 Å². The van der Waals surface area contributed by atoms with Crippen molar-refractivity contribution in [2.45, 2.75) is 52.4 Å². The van der Waals surface area contributed by atoms with Crippen molar-refractivity contribution in [2.24, 2.45) is 0 Å². The van der Waals surface area contributed by atoms with Gasteiger partial charge in [-0.05, 0) is 78.6 Å². The molecule has 2 heterocycles. The Bertz CT molecular complexity index is 1880. The summed E-state index contributed by atoms with van der Waals surface area (Å²) in [6.45, 7) is 12.2. The van der Waals surface area contributed by atoms with E-state index in [1.807, 2.05) is 115 Å². The summed E-state index contributed by atoms with van der Waals surface area (Å²) in [6.07, 6.45) is 3.84. The fraction of sp³-hybridized carbons (Fsp3) is 0.356. The molecule has 2 fully saturated rings. The molecule has 0 aromatic heterocycles. The second-order valence-electron chi connectivity index (χ2n) is 14.6. The highest BCUT2D eigenvalue weighted by Gasteiger charge is 2.34. The quantitative estimate of drug-likeness (QED) is 0.140. The number of anilines is 1. The smallest absolute Gasteiger partial charge is 0.247 e. The zero-order chi connectivity index (χ0) is 38.7. The van der Waals surface area contributed by atoms with E-state index in [9.17, 15) is 14.4 Å². The summed E-state index contributed by atoms with van der Waals surface area (Å²) in [6, 6.07) is 33.0. The second kappa shape index (κ2) is 19.0. The van der Waals surface area contributed by atoms with E-state index in [-0.39, 0.29) is 30.4 Å². The Balaban J connectivity index is 1.24. The first kappa shape index (κ1) is 39.6. The van der Waals surface area contributed by atoms with Crippen LogP contribution in [0.5, 0.6) is 5.75 Å². The molecule has 2 aliphatic rings. The number of ether oxygens (including phenoxy) is 1. The van der Waals surface area contributed by atoms with E-state index in [1.54, 1.807) is 24.0 Å². The molecule has 2 saturated heterocycles. The van der Waals surface area contributed by atoms with Crippen LogP contribution in [0.2, 0.25) is 5.02 Å². The summed E-state index contributed by atoms with van der Waals surface area (Å²) in [5, 5.41) is 0.715. The standard InChI is InChI=1S/C45H52ClN5O4/c1-34(2)55-42-20-13-36(14-21-42)15-22-44(53)51(33-39-11-18-41(19-12-39)49-29-27-48(28-30-49)35(3)52)43(31-37-7-5-4-6-8-37)45(54)50-25-23-47(24-26-50)32-38-9-16-40(46)17-10-38/h4-22,34,43H,23-33H2,1-3H3/t43-/m0/s1. The maximum Gasteiger partial charge on any atom is 0.247 e. The number of hydrogen-bond acceptors (Lipinski definition) is 6. The average Bonchev–Trinajstić information content (AvgIpc) is 3.20. The van der Waals surface area contributed by atoms with E-state index in [0.29, 0.717) is 37.6 Å². The van der Waals surface area contributed by atoms with E-state index in [2.05, 4.69) is 21.9 Å². The van der Waals surface area contributed by atoms with E-state index in [0.717, 1.165) is 60.9 Å². The predicted molar refractivity (Wildman–Crippen MR) is 220 cm³/mol. The highest BCUT2D eigenvalue weighted by Crippen LogP contribution is 2.23. The number of hydrogen-bond donors (Lipinski definition) is 0. The van der Waals surface area contributed by atoms with Crippen molar-refractivity contribution in [1.29, 1.82) is 0 Å². The van der Waals surface area contributed by atoms with Gasteiger partial charge in [0.15, 0.2) is 0 Å². The maximum absolute atomic E-state index is 14.7. The summed E-state index contributed by atoms with van der Waals surface area (Å²) in [7, 11) is 0. The number of rotatable bonds is 13. The molecule has 6 rings (SSSR count). The third-order valence-corrected chi connectivity index (χ3v) is 10.5. The number of piperazine rings is 2. The highest BCUT2D eigenvalue weighted by molar-refractivity contribution is 6.30. The first-order chi connectivity index (χ1) is 26.6. The van der Waals surface area contributed by atoms with Crippen LogP contribution in [0.15, 0.2) is 109 Å². The highest BCUT2D eigenvalue weighted by atomic mass is 35.5. The van der Waals surface area contributed by atoms with E-state index in [4.69, 9.17) is 16.3 Å². The zero-order valence-electron chi connectivity index (χ0n) is 32.1. The second-order valence-corrected chi connectivity index (χ2v) is 15.1. The minimum absolute atomic E-state index is 0.0492. The number of halogens is 1. The lowest BCUT2D eigenvalue weighted by Crippen LogP contribution is -2.56. The largest absolute Gasteiger partial charge is 0.491 e. The summed E-state index contributed by atoms with van der Waals surface area (Å²) in [5.74, 6) is 0.589.